The van der Waals surface area contributed by atoms with Crippen molar-refractivity contribution in [3.05, 3.63) is 71.6 Å². The number of thioether (sulfide) groups is 1. The van der Waals surface area contributed by atoms with Crippen LogP contribution < -0.4 is 5.32 Å². The predicted octanol–water partition coefficient (Wildman–Crippen LogP) is 4.33. The standard InChI is InChI=1S/C21H20ClN3O3S/c1-25(11-19(26)23-17-9-5-8-16(22)10-17)20(27)14-29-13-18-12-28-21(24-18)15-6-3-2-4-7-15/h2-10,12H,11,13-14H2,1H3,(H,23,26). The van der Waals surface area contributed by atoms with E-state index in [0.29, 0.717) is 22.4 Å². The summed E-state index contributed by atoms with van der Waals surface area (Å²) in [4.78, 5) is 30.2. The number of amides is 2. The molecule has 1 aromatic heterocycles. The van der Waals surface area contributed by atoms with Gasteiger partial charge in [0.25, 0.3) is 0 Å². The molecule has 0 aliphatic carbocycles. The van der Waals surface area contributed by atoms with Crippen molar-refractivity contribution < 1.29 is 14.0 Å². The monoisotopic (exact) mass is 429 g/mol. The number of carbonyl (C=O) groups excluding carboxylic acids is 2. The van der Waals surface area contributed by atoms with Crippen LogP contribution in [0.4, 0.5) is 5.69 Å². The number of halogens is 1. The number of hydrogen-bond donors (Lipinski definition) is 1. The Morgan fingerprint density at radius 2 is 1.97 bits per heavy atom. The molecule has 29 heavy (non-hydrogen) atoms. The van der Waals surface area contributed by atoms with Gasteiger partial charge in [-0.3, -0.25) is 9.59 Å². The molecule has 1 heterocycles. The highest BCUT2D eigenvalue weighted by atomic mass is 35.5. The van der Waals surface area contributed by atoms with E-state index in [4.69, 9.17) is 16.0 Å². The molecule has 6 nitrogen and oxygen atoms in total. The third kappa shape index (κ3) is 6.37. The lowest BCUT2D eigenvalue weighted by atomic mass is 10.2. The Morgan fingerprint density at radius 1 is 1.17 bits per heavy atom. The summed E-state index contributed by atoms with van der Waals surface area (Å²) in [6.45, 7) is -0.0337. The van der Waals surface area contributed by atoms with Gasteiger partial charge in [0.15, 0.2) is 0 Å². The largest absolute Gasteiger partial charge is 0.444 e. The molecule has 0 fully saturated rings. The van der Waals surface area contributed by atoms with Gasteiger partial charge in [0.05, 0.1) is 18.0 Å². The Balaban J connectivity index is 1.42. The van der Waals surface area contributed by atoms with Crippen LogP contribution in [0.5, 0.6) is 0 Å². The lowest BCUT2D eigenvalue weighted by Crippen LogP contribution is -2.36. The lowest BCUT2D eigenvalue weighted by molar-refractivity contribution is -0.131. The molecule has 8 heteroatoms. The van der Waals surface area contributed by atoms with E-state index in [0.717, 1.165) is 11.3 Å². The van der Waals surface area contributed by atoms with Crippen LogP contribution in [0.15, 0.2) is 65.3 Å². The molecule has 0 spiro atoms. The van der Waals surface area contributed by atoms with E-state index >= 15 is 0 Å². The SMILES string of the molecule is CN(CC(=O)Nc1cccc(Cl)c1)C(=O)CSCc1coc(-c2ccccc2)n1. The van der Waals surface area contributed by atoms with Gasteiger partial charge >= 0.3 is 0 Å². The Hall–Kier alpha value is -2.77. The first-order valence-corrected chi connectivity index (χ1v) is 10.4. The number of anilines is 1. The van der Waals surface area contributed by atoms with Gasteiger partial charge in [-0.1, -0.05) is 35.9 Å². The van der Waals surface area contributed by atoms with Crippen molar-refractivity contribution >= 4 is 40.9 Å². The van der Waals surface area contributed by atoms with Gasteiger partial charge in [0.2, 0.25) is 17.7 Å². The topological polar surface area (TPSA) is 75.4 Å². The lowest BCUT2D eigenvalue weighted by Gasteiger charge is -2.16. The summed E-state index contributed by atoms with van der Waals surface area (Å²) < 4.78 is 5.49. The number of oxazole rings is 1. The van der Waals surface area contributed by atoms with Gasteiger partial charge in [-0.2, -0.15) is 0 Å². The van der Waals surface area contributed by atoms with Crippen LogP contribution in [0.2, 0.25) is 5.02 Å². The van der Waals surface area contributed by atoms with Crippen molar-refractivity contribution in [2.75, 3.05) is 24.7 Å². The third-order valence-corrected chi connectivity index (χ3v) is 5.15. The molecule has 2 aromatic carbocycles. The number of hydrogen-bond acceptors (Lipinski definition) is 5. The van der Waals surface area contributed by atoms with E-state index in [2.05, 4.69) is 10.3 Å². The van der Waals surface area contributed by atoms with Gasteiger partial charge in [0, 0.05) is 29.1 Å². The second kappa shape index (κ2) is 10.1. The number of nitrogens with zero attached hydrogens (tertiary/aromatic N) is 2. The first-order valence-electron chi connectivity index (χ1n) is 8.88. The molecule has 1 N–H and O–H groups in total. The molecule has 0 bridgehead atoms. The summed E-state index contributed by atoms with van der Waals surface area (Å²) in [6, 6.07) is 16.5. The second-order valence-corrected chi connectivity index (χ2v) is 7.73. The van der Waals surface area contributed by atoms with Crippen molar-refractivity contribution in [3.8, 4) is 11.5 Å². The molecule has 3 aromatic rings. The van der Waals surface area contributed by atoms with E-state index in [9.17, 15) is 9.59 Å². The highest BCUT2D eigenvalue weighted by Crippen LogP contribution is 2.20. The minimum Gasteiger partial charge on any atom is -0.444 e. The molecule has 0 aliphatic heterocycles. The Bertz CT molecular complexity index is 978. The zero-order chi connectivity index (χ0) is 20.6. The highest BCUT2D eigenvalue weighted by molar-refractivity contribution is 7.99. The van der Waals surface area contributed by atoms with Crippen LogP contribution in [0.1, 0.15) is 5.69 Å². The number of likely N-dealkylation sites (N-methyl/N-ethyl adjacent to an activating group) is 1. The van der Waals surface area contributed by atoms with E-state index in [1.165, 1.54) is 16.7 Å². The number of benzene rings is 2. The fourth-order valence-electron chi connectivity index (χ4n) is 2.51. The fraction of sp³-hybridized carbons (Fsp3) is 0.190. The smallest absolute Gasteiger partial charge is 0.243 e. The Kier molecular flexibility index (Phi) is 7.32. The normalized spacial score (nSPS) is 10.6. The van der Waals surface area contributed by atoms with E-state index in [1.54, 1.807) is 37.6 Å². The summed E-state index contributed by atoms with van der Waals surface area (Å²) in [5, 5.41) is 3.26. The van der Waals surface area contributed by atoms with E-state index < -0.39 is 0 Å². The maximum Gasteiger partial charge on any atom is 0.243 e. The maximum absolute atomic E-state index is 12.3. The molecule has 2 amide bonds. The maximum atomic E-state index is 12.3. The molecule has 0 unspecified atom stereocenters. The third-order valence-electron chi connectivity index (χ3n) is 3.96. The zero-order valence-corrected chi connectivity index (χ0v) is 17.4. The van der Waals surface area contributed by atoms with Gasteiger partial charge in [-0.15, -0.1) is 11.8 Å². The number of carbonyl (C=O) groups is 2. The van der Waals surface area contributed by atoms with Crippen LogP contribution in [0, 0.1) is 0 Å². The average molecular weight is 430 g/mol. The molecule has 0 aliphatic rings. The van der Waals surface area contributed by atoms with Crippen molar-refractivity contribution in [3.63, 3.8) is 0 Å². The second-order valence-electron chi connectivity index (χ2n) is 6.31. The Labute approximate surface area is 178 Å². The first-order chi connectivity index (χ1) is 14.0. The van der Waals surface area contributed by atoms with Crippen molar-refractivity contribution in [2.24, 2.45) is 0 Å². The molecule has 0 saturated heterocycles. The molecule has 0 radical (unpaired) electrons. The van der Waals surface area contributed by atoms with Crippen molar-refractivity contribution in [2.45, 2.75) is 5.75 Å². The minimum atomic E-state index is -0.280. The first kappa shape index (κ1) is 21.0. The van der Waals surface area contributed by atoms with Crippen LogP contribution in [-0.2, 0) is 15.3 Å². The van der Waals surface area contributed by atoms with Gasteiger partial charge in [-0.05, 0) is 30.3 Å². The highest BCUT2D eigenvalue weighted by Gasteiger charge is 2.14. The average Bonchev–Trinajstić information content (AvgIpc) is 3.17. The van der Waals surface area contributed by atoms with Crippen molar-refractivity contribution in [1.29, 1.82) is 0 Å². The molecule has 150 valence electrons. The summed E-state index contributed by atoms with van der Waals surface area (Å²) in [5.74, 6) is 0.932. The summed E-state index contributed by atoms with van der Waals surface area (Å²) >= 11 is 7.32. The predicted molar refractivity (Wildman–Crippen MR) is 116 cm³/mol. The van der Waals surface area contributed by atoms with E-state index in [1.807, 2.05) is 30.3 Å². The number of nitrogens with one attached hydrogen (secondary N) is 1. The fourth-order valence-corrected chi connectivity index (χ4v) is 3.54. The van der Waals surface area contributed by atoms with Crippen molar-refractivity contribution in [1.82, 2.24) is 9.88 Å². The molecular formula is C21H20ClN3O3S. The van der Waals surface area contributed by atoms with Crippen LogP contribution in [0.3, 0.4) is 0 Å². The van der Waals surface area contributed by atoms with Gasteiger partial charge in [0.1, 0.15) is 6.26 Å². The van der Waals surface area contributed by atoms with Gasteiger partial charge < -0.3 is 14.6 Å². The summed E-state index contributed by atoms with van der Waals surface area (Å²) in [7, 11) is 1.60. The van der Waals surface area contributed by atoms with Crippen LogP contribution in [-0.4, -0.2) is 41.0 Å². The minimum absolute atomic E-state index is 0.0337. The molecule has 3 rings (SSSR count). The summed E-state index contributed by atoms with van der Waals surface area (Å²) in [6.07, 6.45) is 1.60. The molecule has 0 atom stereocenters. The van der Waals surface area contributed by atoms with Gasteiger partial charge in [-0.25, -0.2) is 4.98 Å². The van der Waals surface area contributed by atoms with Crippen LogP contribution in [0.25, 0.3) is 11.5 Å². The number of rotatable bonds is 8. The zero-order valence-electron chi connectivity index (χ0n) is 15.8. The Morgan fingerprint density at radius 3 is 2.72 bits per heavy atom. The quantitative estimate of drug-likeness (QED) is 0.577. The number of aromatic nitrogens is 1. The molecule has 0 saturated carbocycles. The molecular weight excluding hydrogens is 410 g/mol. The van der Waals surface area contributed by atoms with Crippen LogP contribution >= 0.6 is 23.4 Å². The van der Waals surface area contributed by atoms with E-state index in [-0.39, 0.29) is 24.1 Å². The summed E-state index contributed by atoms with van der Waals surface area (Å²) in [5.41, 5.74) is 2.27.